The van der Waals surface area contributed by atoms with Crippen LogP contribution >= 0.6 is 0 Å². The summed E-state index contributed by atoms with van der Waals surface area (Å²) in [4.78, 5) is 2.42. The second-order valence-corrected chi connectivity index (χ2v) is 4.34. The van der Waals surface area contributed by atoms with Crippen molar-refractivity contribution >= 4 is 0 Å². The Morgan fingerprint density at radius 1 is 1.60 bits per heavy atom. The number of piperidine rings is 1. The van der Waals surface area contributed by atoms with Crippen LogP contribution in [0.3, 0.4) is 0 Å². The second-order valence-electron chi connectivity index (χ2n) is 4.34. The molecule has 0 aromatic rings. The number of nitrogens with zero attached hydrogens (tertiary/aromatic N) is 1. The number of nitrogens with two attached hydrogens (primary N) is 1. The first-order valence-corrected chi connectivity index (χ1v) is 5.91. The quantitative estimate of drug-likeness (QED) is 0.689. The van der Waals surface area contributed by atoms with Gasteiger partial charge in [0.25, 0.3) is 0 Å². The molecule has 15 heavy (non-hydrogen) atoms. The van der Waals surface area contributed by atoms with Crippen molar-refractivity contribution in [2.75, 3.05) is 26.3 Å². The van der Waals surface area contributed by atoms with Crippen LogP contribution in [0.15, 0.2) is 0 Å². The molecule has 1 saturated heterocycles. The number of aliphatic hydroxyl groups excluding tert-OH is 1. The van der Waals surface area contributed by atoms with E-state index in [2.05, 4.69) is 18.7 Å². The molecule has 1 heterocycles. The molecule has 4 heteroatoms. The lowest BCUT2D eigenvalue weighted by Crippen LogP contribution is -2.54. The molecule has 1 unspecified atom stereocenters. The zero-order chi connectivity index (χ0) is 11.3. The van der Waals surface area contributed by atoms with Gasteiger partial charge in [-0.2, -0.15) is 0 Å². The Bertz CT molecular complexity index is 178. The molecule has 1 rings (SSSR count). The molecule has 0 saturated carbocycles. The summed E-state index contributed by atoms with van der Waals surface area (Å²) < 4.78 is 5.55. The minimum Gasteiger partial charge on any atom is -0.394 e. The van der Waals surface area contributed by atoms with Gasteiger partial charge in [0.15, 0.2) is 0 Å². The molecule has 1 aliphatic heterocycles. The summed E-state index contributed by atoms with van der Waals surface area (Å²) >= 11 is 0. The summed E-state index contributed by atoms with van der Waals surface area (Å²) in [6, 6.07) is 0.717. The fraction of sp³-hybridized carbons (Fsp3) is 1.00. The highest BCUT2D eigenvalue weighted by molar-refractivity contribution is 4.85. The monoisotopic (exact) mass is 216 g/mol. The fourth-order valence-electron chi connectivity index (χ4n) is 2.00. The third-order valence-corrected chi connectivity index (χ3v) is 3.28. The van der Waals surface area contributed by atoms with Crippen LogP contribution in [-0.4, -0.2) is 54.5 Å². The molecule has 4 nitrogen and oxygen atoms in total. The number of hydrogen-bond acceptors (Lipinski definition) is 4. The van der Waals surface area contributed by atoms with Crippen molar-refractivity contribution in [3.63, 3.8) is 0 Å². The van der Waals surface area contributed by atoms with E-state index in [1.165, 1.54) is 0 Å². The summed E-state index contributed by atoms with van der Waals surface area (Å²) in [6.07, 6.45) is 2.22. The van der Waals surface area contributed by atoms with Gasteiger partial charge < -0.3 is 15.6 Å². The average Bonchev–Trinajstić information content (AvgIpc) is 2.27. The molecular weight excluding hydrogens is 192 g/mol. The van der Waals surface area contributed by atoms with Crippen molar-refractivity contribution in [1.82, 2.24) is 4.90 Å². The Labute approximate surface area is 92.4 Å². The standard InChI is InChI=1S/C11H24N2O2/c1-3-9(2)13-5-4-10(12)11(8-13)15-7-6-14/h9-11,14H,3-8,12H2,1-2H3/t9?,10-,11+/m1/s1. The van der Waals surface area contributed by atoms with Gasteiger partial charge in [-0.05, 0) is 19.8 Å². The fourth-order valence-corrected chi connectivity index (χ4v) is 2.00. The first kappa shape index (κ1) is 12.9. The van der Waals surface area contributed by atoms with Gasteiger partial charge in [0, 0.05) is 25.2 Å². The van der Waals surface area contributed by atoms with Crippen molar-refractivity contribution in [1.29, 1.82) is 0 Å². The SMILES string of the molecule is CCC(C)N1CC[C@@H](N)[C@@H](OCCO)C1. The van der Waals surface area contributed by atoms with Gasteiger partial charge >= 0.3 is 0 Å². The van der Waals surface area contributed by atoms with Crippen molar-refractivity contribution in [3.05, 3.63) is 0 Å². The lowest BCUT2D eigenvalue weighted by molar-refractivity contribution is -0.0340. The van der Waals surface area contributed by atoms with Crippen LogP contribution in [0, 0.1) is 0 Å². The van der Waals surface area contributed by atoms with E-state index in [0.29, 0.717) is 12.6 Å². The number of rotatable bonds is 5. The van der Waals surface area contributed by atoms with Crippen LogP contribution < -0.4 is 5.73 Å². The van der Waals surface area contributed by atoms with E-state index in [9.17, 15) is 0 Å². The van der Waals surface area contributed by atoms with Crippen LogP contribution in [0.2, 0.25) is 0 Å². The Morgan fingerprint density at radius 2 is 2.33 bits per heavy atom. The van der Waals surface area contributed by atoms with E-state index in [1.54, 1.807) is 0 Å². The molecule has 1 fully saturated rings. The van der Waals surface area contributed by atoms with Crippen LogP contribution in [0.5, 0.6) is 0 Å². The smallest absolute Gasteiger partial charge is 0.0854 e. The Kier molecular flexibility index (Phi) is 5.53. The summed E-state index contributed by atoms with van der Waals surface area (Å²) in [6.45, 7) is 6.87. The molecule has 90 valence electrons. The average molecular weight is 216 g/mol. The highest BCUT2D eigenvalue weighted by Gasteiger charge is 2.28. The molecule has 0 spiro atoms. The van der Waals surface area contributed by atoms with Crippen LogP contribution in [0.4, 0.5) is 0 Å². The molecule has 3 N–H and O–H groups in total. The zero-order valence-corrected chi connectivity index (χ0v) is 9.85. The first-order valence-electron chi connectivity index (χ1n) is 5.91. The summed E-state index contributed by atoms with van der Waals surface area (Å²) in [7, 11) is 0. The first-order chi connectivity index (χ1) is 7.19. The molecule has 0 aromatic carbocycles. The maximum Gasteiger partial charge on any atom is 0.0854 e. The zero-order valence-electron chi connectivity index (χ0n) is 9.85. The predicted molar refractivity (Wildman–Crippen MR) is 60.7 cm³/mol. The molecule has 3 atom stereocenters. The van der Waals surface area contributed by atoms with Crippen LogP contribution in [0.1, 0.15) is 26.7 Å². The molecule has 0 aromatic heterocycles. The lowest BCUT2D eigenvalue weighted by Gasteiger charge is -2.39. The van der Waals surface area contributed by atoms with E-state index in [-0.39, 0.29) is 18.8 Å². The van der Waals surface area contributed by atoms with E-state index in [1.807, 2.05) is 0 Å². The Morgan fingerprint density at radius 3 is 2.93 bits per heavy atom. The molecule has 0 aliphatic carbocycles. The van der Waals surface area contributed by atoms with E-state index in [4.69, 9.17) is 15.6 Å². The minimum atomic E-state index is 0.0759. The van der Waals surface area contributed by atoms with Crippen molar-refractivity contribution < 1.29 is 9.84 Å². The number of hydrogen-bond donors (Lipinski definition) is 2. The van der Waals surface area contributed by atoms with Crippen molar-refractivity contribution in [2.45, 2.75) is 44.9 Å². The van der Waals surface area contributed by atoms with Crippen LogP contribution in [0.25, 0.3) is 0 Å². The van der Waals surface area contributed by atoms with Crippen molar-refractivity contribution in [2.24, 2.45) is 5.73 Å². The van der Waals surface area contributed by atoms with Crippen molar-refractivity contribution in [3.8, 4) is 0 Å². The van der Waals surface area contributed by atoms with Gasteiger partial charge in [-0.25, -0.2) is 0 Å². The van der Waals surface area contributed by atoms with Crippen LogP contribution in [-0.2, 0) is 4.74 Å². The van der Waals surface area contributed by atoms with E-state index < -0.39 is 0 Å². The summed E-state index contributed by atoms with van der Waals surface area (Å²) in [5.41, 5.74) is 5.99. The van der Waals surface area contributed by atoms with E-state index >= 15 is 0 Å². The third-order valence-electron chi connectivity index (χ3n) is 3.28. The Hall–Kier alpha value is -0.160. The van der Waals surface area contributed by atoms with E-state index in [0.717, 1.165) is 25.9 Å². The minimum absolute atomic E-state index is 0.0759. The van der Waals surface area contributed by atoms with Gasteiger partial charge in [0.05, 0.1) is 19.3 Å². The number of likely N-dealkylation sites (tertiary alicyclic amines) is 1. The molecule has 0 radical (unpaired) electrons. The maximum atomic E-state index is 8.72. The molecular formula is C11H24N2O2. The van der Waals surface area contributed by atoms with Gasteiger partial charge in [0.1, 0.15) is 0 Å². The lowest BCUT2D eigenvalue weighted by atomic mass is 10.0. The summed E-state index contributed by atoms with van der Waals surface area (Å²) in [5, 5.41) is 8.72. The van der Waals surface area contributed by atoms with Gasteiger partial charge in [-0.15, -0.1) is 0 Å². The number of ether oxygens (including phenoxy) is 1. The molecule has 0 bridgehead atoms. The number of aliphatic hydroxyl groups is 1. The van der Waals surface area contributed by atoms with Gasteiger partial charge in [-0.3, -0.25) is 4.90 Å². The second kappa shape index (κ2) is 6.43. The highest BCUT2D eigenvalue weighted by Crippen LogP contribution is 2.16. The Balaban J connectivity index is 2.40. The molecule has 0 amide bonds. The molecule has 1 aliphatic rings. The van der Waals surface area contributed by atoms with Gasteiger partial charge in [0.2, 0.25) is 0 Å². The predicted octanol–water partition coefficient (Wildman–Crippen LogP) is 0.195. The third kappa shape index (κ3) is 3.72. The highest BCUT2D eigenvalue weighted by atomic mass is 16.5. The van der Waals surface area contributed by atoms with Gasteiger partial charge in [-0.1, -0.05) is 6.92 Å². The topological polar surface area (TPSA) is 58.7 Å². The maximum absolute atomic E-state index is 8.72. The largest absolute Gasteiger partial charge is 0.394 e. The normalized spacial score (nSPS) is 30.4. The summed E-state index contributed by atoms with van der Waals surface area (Å²) in [5.74, 6) is 0.